The van der Waals surface area contributed by atoms with Crippen molar-refractivity contribution in [1.82, 2.24) is 25.2 Å². The van der Waals surface area contributed by atoms with Gasteiger partial charge >= 0.3 is 0 Å². The lowest BCUT2D eigenvalue weighted by Crippen LogP contribution is -2.12. The second-order valence-electron chi connectivity index (χ2n) is 6.77. The van der Waals surface area contributed by atoms with Crippen molar-refractivity contribution in [2.75, 3.05) is 11.6 Å². The van der Waals surface area contributed by atoms with Gasteiger partial charge in [0, 0.05) is 11.1 Å². The number of tetrazole rings is 1. The Labute approximate surface area is 160 Å². The van der Waals surface area contributed by atoms with Crippen LogP contribution < -0.4 is 5.32 Å². The van der Waals surface area contributed by atoms with Gasteiger partial charge in [-0.05, 0) is 41.8 Å². The molecule has 0 aliphatic carbocycles. The SMILES string of the molecule is CSc1nnnn1-c1cccc(NC(=O)c2sc(C(C)(C)C)nc2C)c1. The third-order valence-electron chi connectivity index (χ3n) is 3.62. The third kappa shape index (κ3) is 3.78. The minimum Gasteiger partial charge on any atom is -0.321 e. The maximum atomic E-state index is 12.7. The minimum atomic E-state index is -0.158. The fourth-order valence-electron chi connectivity index (χ4n) is 2.30. The molecule has 0 unspecified atom stereocenters. The first kappa shape index (κ1) is 18.5. The van der Waals surface area contributed by atoms with E-state index in [0.717, 1.165) is 16.4 Å². The number of nitrogens with one attached hydrogen (secondary N) is 1. The van der Waals surface area contributed by atoms with Crippen molar-refractivity contribution in [2.24, 2.45) is 0 Å². The van der Waals surface area contributed by atoms with Crippen LogP contribution in [0.5, 0.6) is 0 Å². The summed E-state index contributed by atoms with van der Waals surface area (Å²) in [4.78, 5) is 17.9. The predicted octanol–water partition coefficient (Wildman–Crippen LogP) is 3.70. The van der Waals surface area contributed by atoms with E-state index in [-0.39, 0.29) is 11.3 Å². The topological polar surface area (TPSA) is 85.6 Å². The van der Waals surface area contributed by atoms with Gasteiger partial charge in [0.25, 0.3) is 5.91 Å². The van der Waals surface area contributed by atoms with Crippen LogP contribution in [0.1, 0.15) is 41.1 Å². The monoisotopic (exact) mass is 388 g/mol. The van der Waals surface area contributed by atoms with Crippen LogP contribution in [0, 0.1) is 6.92 Å². The second kappa shape index (κ2) is 7.16. The lowest BCUT2D eigenvalue weighted by atomic mass is 9.98. The summed E-state index contributed by atoms with van der Waals surface area (Å²) in [6, 6.07) is 7.43. The van der Waals surface area contributed by atoms with Crippen molar-refractivity contribution in [3.63, 3.8) is 0 Å². The van der Waals surface area contributed by atoms with E-state index in [9.17, 15) is 4.79 Å². The highest BCUT2D eigenvalue weighted by Gasteiger charge is 2.23. The van der Waals surface area contributed by atoms with E-state index in [2.05, 4.69) is 46.6 Å². The zero-order valence-electron chi connectivity index (χ0n) is 15.3. The van der Waals surface area contributed by atoms with E-state index in [1.54, 1.807) is 4.68 Å². The number of thiazole rings is 1. The zero-order valence-corrected chi connectivity index (χ0v) is 16.9. The van der Waals surface area contributed by atoms with Crippen molar-refractivity contribution in [3.8, 4) is 5.69 Å². The fraction of sp³-hybridized carbons (Fsp3) is 0.353. The fourth-order valence-corrected chi connectivity index (χ4v) is 3.75. The molecule has 3 rings (SSSR count). The number of carbonyl (C=O) groups is 1. The number of carbonyl (C=O) groups excluding carboxylic acids is 1. The molecule has 2 aromatic heterocycles. The smallest absolute Gasteiger partial charge is 0.267 e. The van der Waals surface area contributed by atoms with Crippen molar-refractivity contribution in [3.05, 3.63) is 39.8 Å². The maximum absolute atomic E-state index is 12.7. The van der Waals surface area contributed by atoms with Crippen LogP contribution >= 0.6 is 23.1 Å². The van der Waals surface area contributed by atoms with E-state index >= 15 is 0 Å². The summed E-state index contributed by atoms with van der Waals surface area (Å²) in [5.74, 6) is -0.158. The number of aryl methyl sites for hydroxylation is 1. The normalized spacial score (nSPS) is 11.6. The van der Waals surface area contributed by atoms with E-state index < -0.39 is 0 Å². The van der Waals surface area contributed by atoms with Crippen LogP contribution in [0.4, 0.5) is 5.69 Å². The summed E-state index contributed by atoms with van der Waals surface area (Å²) in [7, 11) is 0. The number of thioether (sulfide) groups is 1. The van der Waals surface area contributed by atoms with E-state index in [1.165, 1.54) is 23.1 Å². The largest absolute Gasteiger partial charge is 0.321 e. The van der Waals surface area contributed by atoms with Crippen molar-refractivity contribution in [1.29, 1.82) is 0 Å². The molecule has 0 atom stereocenters. The summed E-state index contributed by atoms with van der Waals surface area (Å²) < 4.78 is 1.63. The second-order valence-corrected chi connectivity index (χ2v) is 8.54. The number of aromatic nitrogens is 5. The molecule has 0 fully saturated rings. The zero-order chi connectivity index (χ0) is 18.9. The Bertz CT molecular complexity index is 941. The highest BCUT2D eigenvalue weighted by Crippen LogP contribution is 2.30. The first-order valence-corrected chi connectivity index (χ1v) is 10.1. The molecular formula is C17H20N6OS2. The summed E-state index contributed by atoms with van der Waals surface area (Å²) in [6.45, 7) is 8.13. The highest BCUT2D eigenvalue weighted by atomic mass is 32.2. The molecule has 0 bridgehead atoms. The van der Waals surface area contributed by atoms with Gasteiger partial charge < -0.3 is 5.32 Å². The Hall–Kier alpha value is -2.26. The average Bonchev–Trinajstić information content (AvgIpc) is 3.20. The molecular weight excluding hydrogens is 368 g/mol. The third-order valence-corrected chi connectivity index (χ3v) is 5.82. The van der Waals surface area contributed by atoms with Crippen LogP contribution in [-0.2, 0) is 5.41 Å². The van der Waals surface area contributed by atoms with Crippen molar-refractivity contribution >= 4 is 34.7 Å². The maximum Gasteiger partial charge on any atom is 0.267 e. The van der Waals surface area contributed by atoms with Crippen molar-refractivity contribution < 1.29 is 4.79 Å². The van der Waals surface area contributed by atoms with E-state index in [4.69, 9.17) is 0 Å². The van der Waals surface area contributed by atoms with Gasteiger partial charge in [-0.2, -0.15) is 4.68 Å². The van der Waals surface area contributed by atoms with E-state index in [1.807, 2.05) is 37.4 Å². The van der Waals surface area contributed by atoms with Crippen LogP contribution in [0.2, 0.25) is 0 Å². The number of hydrogen-bond acceptors (Lipinski definition) is 7. The molecule has 3 aromatic rings. The molecule has 0 aliphatic rings. The van der Waals surface area contributed by atoms with Gasteiger partial charge in [0.2, 0.25) is 5.16 Å². The molecule has 9 heteroatoms. The summed E-state index contributed by atoms with van der Waals surface area (Å²) in [5.41, 5.74) is 2.13. The Morgan fingerprint density at radius 1 is 1.31 bits per heavy atom. The number of hydrogen-bond donors (Lipinski definition) is 1. The van der Waals surface area contributed by atoms with Gasteiger partial charge in [-0.1, -0.05) is 38.6 Å². The first-order valence-electron chi connectivity index (χ1n) is 8.01. The van der Waals surface area contributed by atoms with E-state index in [0.29, 0.717) is 15.7 Å². The van der Waals surface area contributed by atoms with Crippen LogP contribution in [0.15, 0.2) is 29.4 Å². The molecule has 1 amide bonds. The summed E-state index contributed by atoms with van der Waals surface area (Å²) >= 11 is 2.89. The molecule has 0 spiro atoms. The Morgan fingerprint density at radius 3 is 2.73 bits per heavy atom. The Balaban J connectivity index is 1.85. The molecule has 2 heterocycles. The predicted molar refractivity (Wildman–Crippen MR) is 104 cm³/mol. The molecule has 26 heavy (non-hydrogen) atoms. The summed E-state index contributed by atoms with van der Waals surface area (Å²) in [5, 5.41) is 16.2. The lowest BCUT2D eigenvalue weighted by Gasteiger charge is -2.13. The lowest BCUT2D eigenvalue weighted by molar-refractivity contribution is 0.103. The highest BCUT2D eigenvalue weighted by molar-refractivity contribution is 7.98. The number of rotatable bonds is 4. The number of nitrogens with zero attached hydrogens (tertiary/aromatic N) is 5. The first-order chi connectivity index (χ1) is 12.3. The molecule has 0 aliphatic heterocycles. The quantitative estimate of drug-likeness (QED) is 0.686. The molecule has 1 N–H and O–H groups in total. The van der Waals surface area contributed by atoms with Crippen molar-refractivity contribution in [2.45, 2.75) is 38.3 Å². The standard InChI is InChI=1S/C17H20N6OS2/c1-10-13(26-15(18-10)17(2,3)4)14(24)19-11-7-6-8-12(9-11)23-16(25-5)20-21-22-23/h6-9H,1-5H3,(H,19,24). The van der Waals surface area contributed by atoms with Gasteiger partial charge in [-0.3, -0.25) is 4.79 Å². The van der Waals surface area contributed by atoms with Gasteiger partial charge in [0.15, 0.2) is 0 Å². The van der Waals surface area contributed by atoms with Gasteiger partial charge in [-0.15, -0.1) is 16.4 Å². The Kier molecular flexibility index (Phi) is 5.10. The molecule has 0 saturated heterocycles. The number of amides is 1. The van der Waals surface area contributed by atoms with Gasteiger partial charge in [0.05, 0.1) is 16.4 Å². The molecule has 1 aromatic carbocycles. The minimum absolute atomic E-state index is 0.0812. The number of benzene rings is 1. The molecule has 136 valence electrons. The van der Waals surface area contributed by atoms with Gasteiger partial charge in [0.1, 0.15) is 4.88 Å². The Morgan fingerprint density at radius 2 is 2.08 bits per heavy atom. The molecule has 0 saturated carbocycles. The molecule has 7 nitrogen and oxygen atoms in total. The number of anilines is 1. The summed E-state index contributed by atoms with van der Waals surface area (Å²) in [6.07, 6.45) is 1.91. The average molecular weight is 389 g/mol. The molecule has 0 radical (unpaired) electrons. The van der Waals surface area contributed by atoms with Crippen LogP contribution in [0.3, 0.4) is 0 Å². The van der Waals surface area contributed by atoms with Gasteiger partial charge in [-0.25, -0.2) is 4.98 Å². The van der Waals surface area contributed by atoms with Crippen LogP contribution in [0.25, 0.3) is 5.69 Å². The van der Waals surface area contributed by atoms with Crippen LogP contribution in [-0.4, -0.2) is 37.4 Å².